The van der Waals surface area contributed by atoms with Gasteiger partial charge in [-0.05, 0) is 73.7 Å². The second-order valence-electron chi connectivity index (χ2n) is 8.09. The number of allylic oxidation sites excluding steroid dienone is 2. The molecule has 4 rings (SSSR count). The standard InChI is InChI=1S/C26H23FO2/c1-26-17-21(24(28)16-22(26)5-3-7-25(26)29)14-20-12-9-18(10-13-20)8-11-19-4-2-6-23(27)15-19/h2,4,6,9-10,12-16,25,29H,3,5,7,17H2,1H3/b21-14+/t25-,26-/m0/s1. The van der Waals surface area contributed by atoms with Crippen molar-refractivity contribution in [2.45, 2.75) is 38.7 Å². The number of ketones is 1. The third kappa shape index (κ3) is 4.09. The Kier molecular flexibility index (Phi) is 5.22. The van der Waals surface area contributed by atoms with E-state index in [1.54, 1.807) is 18.2 Å². The van der Waals surface area contributed by atoms with Crippen molar-refractivity contribution >= 4 is 11.9 Å². The van der Waals surface area contributed by atoms with Crippen molar-refractivity contribution in [3.8, 4) is 11.8 Å². The predicted octanol–water partition coefficient (Wildman–Crippen LogP) is 5.06. The first-order valence-electron chi connectivity index (χ1n) is 9.96. The van der Waals surface area contributed by atoms with Crippen LogP contribution < -0.4 is 0 Å². The molecular weight excluding hydrogens is 363 g/mol. The van der Waals surface area contributed by atoms with Crippen LogP contribution in [-0.2, 0) is 4.79 Å². The van der Waals surface area contributed by atoms with Crippen molar-refractivity contribution < 1.29 is 14.3 Å². The summed E-state index contributed by atoms with van der Waals surface area (Å²) >= 11 is 0. The number of benzene rings is 2. The maximum atomic E-state index is 13.2. The molecule has 1 fully saturated rings. The first-order chi connectivity index (χ1) is 13.9. The van der Waals surface area contributed by atoms with Crippen LogP contribution in [-0.4, -0.2) is 17.0 Å². The largest absolute Gasteiger partial charge is 0.392 e. The molecule has 2 atom stereocenters. The highest BCUT2D eigenvalue weighted by molar-refractivity contribution is 6.08. The summed E-state index contributed by atoms with van der Waals surface area (Å²) in [7, 11) is 0. The lowest BCUT2D eigenvalue weighted by Gasteiger charge is -2.43. The zero-order valence-corrected chi connectivity index (χ0v) is 16.4. The fourth-order valence-corrected chi connectivity index (χ4v) is 4.20. The molecule has 0 unspecified atom stereocenters. The fraction of sp³-hybridized carbons (Fsp3) is 0.269. The molecule has 2 aliphatic carbocycles. The molecule has 2 aliphatic rings. The van der Waals surface area contributed by atoms with Gasteiger partial charge in [0.05, 0.1) is 6.10 Å². The summed E-state index contributed by atoms with van der Waals surface area (Å²) in [5.41, 5.74) is 3.86. The van der Waals surface area contributed by atoms with Crippen LogP contribution in [0.25, 0.3) is 6.08 Å². The summed E-state index contributed by atoms with van der Waals surface area (Å²) in [6.07, 6.45) is 6.42. The highest BCUT2D eigenvalue weighted by Crippen LogP contribution is 2.48. The van der Waals surface area contributed by atoms with E-state index in [2.05, 4.69) is 18.8 Å². The van der Waals surface area contributed by atoms with Crippen LogP contribution in [0.15, 0.2) is 65.8 Å². The Balaban J connectivity index is 1.55. The smallest absolute Gasteiger partial charge is 0.181 e. The van der Waals surface area contributed by atoms with Gasteiger partial charge in [-0.1, -0.05) is 42.5 Å². The molecule has 2 aromatic rings. The van der Waals surface area contributed by atoms with E-state index in [0.717, 1.165) is 41.5 Å². The molecule has 0 radical (unpaired) electrons. The fourth-order valence-electron chi connectivity index (χ4n) is 4.20. The van der Waals surface area contributed by atoms with Crippen LogP contribution in [0.1, 0.15) is 49.3 Å². The molecule has 146 valence electrons. The van der Waals surface area contributed by atoms with E-state index < -0.39 is 6.10 Å². The minimum absolute atomic E-state index is 0.0431. The van der Waals surface area contributed by atoms with Gasteiger partial charge in [0.15, 0.2) is 5.78 Å². The Bertz CT molecular complexity index is 1070. The zero-order chi connectivity index (χ0) is 20.4. The van der Waals surface area contributed by atoms with E-state index in [9.17, 15) is 14.3 Å². The molecule has 0 heterocycles. The van der Waals surface area contributed by atoms with E-state index in [1.165, 1.54) is 12.1 Å². The Hall–Kier alpha value is -2.96. The van der Waals surface area contributed by atoms with Crippen molar-refractivity contribution in [2.75, 3.05) is 0 Å². The Morgan fingerprint density at radius 3 is 2.66 bits per heavy atom. The monoisotopic (exact) mass is 386 g/mol. The van der Waals surface area contributed by atoms with Gasteiger partial charge in [-0.2, -0.15) is 0 Å². The lowest BCUT2D eigenvalue weighted by Crippen LogP contribution is -2.40. The average Bonchev–Trinajstić information content (AvgIpc) is 2.70. The number of halogens is 1. The first kappa shape index (κ1) is 19.4. The molecule has 2 nitrogen and oxygen atoms in total. The molecule has 0 saturated heterocycles. The van der Waals surface area contributed by atoms with Gasteiger partial charge in [0.1, 0.15) is 5.82 Å². The third-order valence-corrected chi connectivity index (χ3v) is 6.00. The number of hydrogen-bond donors (Lipinski definition) is 1. The summed E-state index contributed by atoms with van der Waals surface area (Å²) in [5, 5.41) is 10.5. The van der Waals surface area contributed by atoms with Gasteiger partial charge in [0.25, 0.3) is 0 Å². The number of carbonyl (C=O) groups is 1. The topological polar surface area (TPSA) is 37.3 Å². The lowest BCUT2D eigenvalue weighted by atomic mass is 9.63. The van der Waals surface area contributed by atoms with Crippen molar-refractivity contribution in [3.05, 3.63) is 88.3 Å². The minimum Gasteiger partial charge on any atom is -0.392 e. The van der Waals surface area contributed by atoms with E-state index in [4.69, 9.17) is 0 Å². The summed E-state index contributed by atoms with van der Waals surface area (Å²) < 4.78 is 13.2. The van der Waals surface area contributed by atoms with Crippen molar-refractivity contribution in [2.24, 2.45) is 5.41 Å². The summed E-state index contributed by atoms with van der Waals surface area (Å²) in [4.78, 5) is 12.6. The Labute approximate surface area is 170 Å². The maximum absolute atomic E-state index is 13.2. The molecule has 0 aromatic heterocycles. The summed E-state index contributed by atoms with van der Waals surface area (Å²) in [6.45, 7) is 2.06. The number of aliphatic hydroxyl groups is 1. The number of fused-ring (bicyclic) bond motifs is 1. The minimum atomic E-state index is -0.403. The molecule has 29 heavy (non-hydrogen) atoms. The van der Waals surface area contributed by atoms with Crippen LogP contribution in [0.4, 0.5) is 4.39 Å². The normalized spacial score (nSPS) is 25.1. The van der Waals surface area contributed by atoms with Crippen molar-refractivity contribution in [3.63, 3.8) is 0 Å². The molecule has 2 aromatic carbocycles. The van der Waals surface area contributed by atoms with Crippen LogP contribution in [0.2, 0.25) is 0 Å². The predicted molar refractivity (Wildman–Crippen MR) is 112 cm³/mol. The van der Waals surface area contributed by atoms with E-state index in [-0.39, 0.29) is 17.0 Å². The molecular formula is C26H23FO2. The number of aliphatic hydroxyl groups excluding tert-OH is 1. The first-order valence-corrected chi connectivity index (χ1v) is 9.96. The Morgan fingerprint density at radius 2 is 1.90 bits per heavy atom. The van der Waals surface area contributed by atoms with Crippen molar-refractivity contribution in [1.29, 1.82) is 0 Å². The van der Waals surface area contributed by atoms with Crippen LogP contribution >= 0.6 is 0 Å². The average molecular weight is 386 g/mol. The van der Waals surface area contributed by atoms with Gasteiger partial charge >= 0.3 is 0 Å². The second-order valence-corrected chi connectivity index (χ2v) is 8.09. The molecule has 1 saturated carbocycles. The van der Waals surface area contributed by atoms with E-state index >= 15 is 0 Å². The number of hydrogen-bond acceptors (Lipinski definition) is 2. The highest BCUT2D eigenvalue weighted by atomic mass is 19.1. The lowest BCUT2D eigenvalue weighted by molar-refractivity contribution is -0.112. The molecule has 1 N–H and O–H groups in total. The molecule has 0 bridgehead atoms. The second kappa shape index (κ2) is 7.81. The van der Waals surface area contributed by atoms with Gasteiger partial charge in [-0.25, -0.2) is 4.39 Å². The van der Waals surface area contributed by atoms with Gasteiger partial charge in [0, 0.05) is 22.1 Å². The summed E-state index contributed by atoms with van der Waals surface area (Å²) in [6, 6.07) is 13.8. The number of carbonyl (C=O) groups excluding carboxylic acids is 1. The summed E-state index contributed by atoms with van der Waals surface area (Å²) in [5.74, 6) is 5.73. The molecule has 3 heteroatoms. The molecule has 0 spiro atoms. The SMILES string of the molecule is C[C@]12C/C(=C\c3ccc(C#Cc4cccc(F)c4)cc3)C(=O)C=C1CCC[C@@H]2O. The Morgan fingerprint density at radius 1 is 1.14 bits per heavy atom. The molecule has 0 amide bonds. The third-order valence-electron chi connectivity index (χ3n) is 6.00. The highest BCUT2D eigenvalue weighted by Gasteiger charge is 2.43. The van der Waals surface area contributed by atoms with Crippen molar-refractivity contribution in [1.82, 2.24) is 0 Å². The quantitative estimate of drug-likeness (QED) is 0.549. The number of rotatable bonds is 1. The van der Waals surface area contributed by atoms with Gasteiger partial charge in [0.2, 0.25) is 0 Å². The maximum Gasteiger partial charge on any atom is 0.181 e. The van der Waals surface area contributed by atoms with Crippen LogP contribution in [0.5, 0.6) is 0 Å². The van der Waals surface area contributed by atoms with Crippen LogP contribution in [0, 0.1) is 23.1 Å². The van der Waals surface area contributed by atoms with Crippen LogP contribution in [0.3, 0.4) is 0 Å². The van der Waals surface area contributed by atoms with E-state index in [1.807, 2.05) is 30.3 Å². The van der Waals surface area contributed by atoms with Gasteiger partial charge < -0.3 is 5.11 Å². The van der Waals surface area contributed by atoms with Gasteiger partial charge in [-0.15, -0.1) is 0 Å². The van der Waals surface area contributed by atoms with E-state index in [0.29, 0.717) is 12.0 Å². The van der Waals surface area contributed by atoms with Gasteiger partial charge in [-0.3, -0.25) is 4.79 Å². The molecule has 0 aliphatic heterocycles. The zero-order valence-electron chi connectivity index (χ0n) is 16.4.